The summed E-state index contributed by atoms with van der Waals surface area (Å²) >= 11 is 0. The van der Waals surface area contributed by atoms with Gasteiger partial charge in [-0.25, -0.2) is 0 Å². The fourth-order valence-corrected chi connectivity index (χ4v) is 0.930. The lowest BCUT2D eigenvalue weighted by Crippen LogP contribution is -2.06. The van der Waals surface area contributed by atoms with E-state index in [1.54, 1.807) is 0 Å². The van der Waals surface area contributed by atoms with Crippen molar-refractivity contribution in [3.05, 3.63) is 11.7 Å². The molecule has 0 saturated carbocycles. The summed E-state index contributed by atoms with van der Waals surface area (Å²) in [5, 5.41) is 3.83. The lowest BCUT2D eigenvalue weighted by molar-refractivity contribution is 0.360. The van der Waals surface area contributed by atoms with Gasteiger partial charge < -0.3 is 4.52 Å². The van der Waals surface area contributed by atoms with Crippen LogP contribution in [0.2, 0.25) is 0 Å². The highest BCUT2D eigenvalue weighted by Gasteiger charge is 2.12. The average molecular weight is 168 g/mol. The molecule has 0 unspecified atom stereocenters. The molecule has 1 aromatic heterocycles. The molecule has 68 valence electrons. The first-order chi connectivity index (χ1) is 5.47. The molecule has 0 spiro atoms. The first kappa shape index (κ1) is 9.23. The van der Waals surface area contributed by atoms with Gasteiger partial charge in [0.25, 0.3) is 0 Å². The van der Waals surface area contributed by atoms with Gasteiger partial charge in [0, 0.05) is 13.3 Å². The van der Waals surface area contributed by atoms with Crippen LogP contribution in [0.25, 0.3) is 0 Å². The van der Waals surface area contributed by atoms with Gasteiger partial charge in [0.2, 0.25) is 5.89 Å². The molecule has 0 radical (unpaired) electrons. The maximum atomic E-state index is 4.87. The molecule has 0 amide bonds. The van der Waals surface area contributed by atoms with Crippen molar-refractivity contribution in [1.29, 1.82) is 0 Å². The van der Waals surface area contributed by atoms with E-state index in [9.17, 15) is 0 Å². The zero-order chi connectivity index (χ0) is 9.19. The minimum absolute atomic E-state index is 0.342. The van der Waals surface area contributed by atoms with E-state index >= 15 is 0 Å². The number of rotatable bonds is 2. The van der Waals surface area contributed by atoms with Crippen LogP contribution in [0, 0.1) is 12.3 Å². The third-order valence-electron chi connectivity index (χ3n) is 1.67. The summed E-state index contributed by atoms with van der Waals surface area (Å²) in [7, 11) is 0. The van der Waals surface area contributed by atoms with Crippen LogP contribution in [0.5, 0.6) is 0 Å². The van der Waals surface area contributed by atoms with Crippen molar-refractivity contribution in [2.45, 2.75) is 40.5 Å². The molecular formula is C9H16N2O. The predicted octanol–water partition coefficient (Wildman–Crippen LogP) is 2.36. The third kappa shape index (κ3) is 3.03. The molecule has 1 rings (SSSR count). The quantitative estimate of drug-likeness (QED) is 0.680. The van der Waals surface area contributed by atoms with Crippen LogP contribution in [-0.2, 0) is 6.42 Å². The van der Waals surface area contributed by atoms with Crippen molar-refractivity contribution in [3.8, 4) is 0 Å². The Kier molecular flexibility index (Phi) is 2.50. The highest BCUT2D eigenvalue weighted by molar-refractivity contribution is 4.85. The molecule has 1 heterocycles. The fraction of sp³-hybridized carbons (Fsp3) is 0.778. The van der Waals surface area contributed by atoms with Crippen LogP contribution < -0.4 is 0 Å². The second kappa shape index (κ2) is 3.25. The number of hydrogen-bond donors (Lipinski definition) is 0. The molecule has 0 atom stereocenters. The van der Waals surface area contributed by atoms with Crippen molar-refractivity contribution < 1.29 is 4.52 Å². The molecule has 0 N–H and O–H groups in total. The maximum Gasteiger partial charge on any atom is 0.223 e. The fourth-order valence-electron chi connectivity index (χ4n) is 0.930. The number of aromatic nitrogens is 2. The van der Waals surface area contributed by atoms with Crippen LogP contribution in [-0.4, -0.2) is 10.1 Å². The zero-order valence-corrected chi connectivity index (χ0v) is 8.22. The summed E-state index contributed by atoms with van der Waals surface area (Å²) in [6, 6.07) is 0. The van der Waals surface area contributed by atoms with Crippen molar-refractivity contribution in [3.63, 3.8) is 0 Å². The van der Waals surface area contributed by atoms with Gasteiger partial charge in [-0.2, -0.15) is 4.98 Å². The molecule has 0 aliphatic rings. The Labute approximate surface area is 73.2 Å². The molecule has 0 saturated heterocycles. The van der Waals surface area contributed by atoms with Crippen molar-refractivity contribution in [2.75, 3.05) is 0 Å². The maximum absolute atomic E-state index is 4.87. The van der Waals surface area contributed by atoms with Gasteiger partial charge in [-0.3, -0.25) is 0 Å². The van der Waals surface area contributed by atoms with E-state index in [4.69, 9.17) is 4.52 Å². The average Bonchev–Trinajstić information content (AvgIpc) is 2.30. The number of nitrogens with zero attached hydrogens (tertiary/aromatic N) is 2. The zero-order valence-electron chi connectivity index (χ0n) is 8.22. The Balaban J connectivity index is 2.44. The molecule has 12 heavy (non-hydrogen) atoms. The Morgan fingerprint density at radius 2 is 2.00 bits per heavy atom. The molecule has 1 aromatic rings. The smallest absolute Gasteiger partial charge is 0.223 e. The Morgan fingerprint density at radius 1 is 1.33 bits per heavy atom. The van der Waals surface area contributed by atoms with E-state index in [0.717, 1.165) is 18.7 Å². The number of aryl methyl sites for hydroxylation is 2. The Bertz CT molecular complexity index is 247. The van der Waals surface area contributed by atoms with Gasteiger partial charge in [0.05, 0.1) is 0 Å². The molecule has 0 bridgehead atoms. The minimum Gasteiger partial charge on any atom is -0.340 e. The minimum atomic E-state index is 0.342. The lowest BCUT2D eigenvalue weighted by atomic mass is 9.90. The van der Waals surface area contributed by atoms with E-state index in [-0.39, 0.29) is 0 Å². The normalized spacial score (nSPS) is 12.0. The number of hydrogen-bond acceptors (Lipinski definition) is 3. The van der Waals surface area contributed by atoms with Crippen molar-refractivity contribution in [1.82, 2.24) is 10.1 Å². The third-order valence-corrected chi connectivity index (χ3v) is 1.67. The molecule has 0 aliphatic carbocycles. The van der Waals surface area contributed by atoms with E-state index in [0.29, 0.717) is 11.3 Å². The topological polar surface area (TPSA) is 38.9 Å². The van der Waals surface area contributed by atoms with Gasteiger partial charge in [-0.1, -0.05) is 25.9 Å². The highest BCUT2D eigenvalue weighted by Crippen LogP contribution is 2.20. The van der Waals surface area contributed by atoms with E-state index in [2.05, 4.69) is 30.9 Å². The standard InChI is InChI=1S/C9H16N2O/c1-7-10-8(11-12-7)5-6-9(2,3)4/h5-6H2,1-4H3. The molecule has 0 fully saturated rings. The Hall–Kier alpha value is -0.860. The summed E-state index contributed by atoms with van der Waals surface area (Å²) in [6.45, 7) is 8.44. The summed E-state index contributed by atoms with van der Waals surface area (Å²) in [5.74, 6) is 1.47. The molecule has 0 aromatic carbocycles. The summed E-state index contributed by atoms with van der Waals surface area (Å²) in [6.07, 6.45) is 1.99. The summed E-state index contributed by atoms with van der Waals surface area (Å²) < 4.78 is 4.87. The van der Waals surface area contributed by atoms with Gasteiger partial charge in [0.15, 0.2) is 5.82 Å². The molecular weight excluding hydrogens is 152 g/mol. The summed E-state index contributed by atoms with van der Waals surface area (Å²) in [5.41, 5.74) is 0.342. The molecule has 0 aliphatic heterocycles. The second-order valence-electron chi connectivity index (χ2n) is 4.29. The monoisotopic (exact) mass is 168 g/mol. The van der Waals surface area contributed by atoms with Gasteiger partial charge >= 0.3 is 0 Å². The first-order valence-electron chi connectivity index (χ1n) is 4.26. The van der Waals surface area contributed by atoms with Gasteiger partial charge in [0.1, 0.15) is 0 Å². The van der Waals surface area contributed by atoms with Gasteiger partial charge in [-0.15, -0.1) is 0 Å². The van der Waals surface area contributed by atoms with Crippen molar-refractivity contribution >= 4 is 0 Å². The summed E-state index contributed by atoms with van der Waals surface area (Å²) in [4.78, 5) is 4.14. The van der Waals surface area contributed by atoms with E-state index < -0.39 is 0 Å². The Morgan fingerprint density at radius 3 is 2.42 bits per heavy atom. The first-order valence-corrected chi connectivity index (χ1v) is 4.26. The SMILES string of the molecule is Cc1nc(CCC(C)(C)C)no1. The van der Waals surface area contributed by atoms with Crippen LogP contribution in [0.1, 0.15) is 38.9 Å². The largest absolute Gasteiger partial charge is 0.340 e. The van der Waals surface area contributed by atoms with Gasteiger partial charge in [-0.05, 0) is 11.8 Å². The van der Waals surface area contributed by atoms with Crippen molar-refractivity contribution in [2.24, 2.45) is 5.41 Å². The predicted molar refractivity (Wildman–Crippen MR) is 46.8 cm³/mol. The lowest BCUT2D eigenvalue weighted by Gasteiger charge is -2.15. The second-order valence-corrected chi connectivity index (χ2v) is 4.29. The van der Waals surface area contributed by atoms with Crippen LogP contribution >= 0.6 is 0 Å². The van der Waals surface area contributed by atoms with Crippen LogP contribution in [0.15, 0.2) is 4.52 Å². The van der Waals surface area contributed by atoms with E-state index in [1.807, 2.05) is 6.92 Å². The van der Waals surface area contributed by atoms with Crippen LogP contribution in [0.3, 0.4) is 0 Å². The van der Waals surface area contributed by atoms with E-state index in [1.165, 1.54) is 0 Å². The van der Waals surface area contributed by atoms with Crippen LogP contribution in [0.4, 0.5) is 0 Å². The highest BCUT2D eigenvalue weighted by atomic mass is 16.5. The molecule has 3 heteroatoms. The molecule has 3 nitrogen and oxygen atoms in total.